The topological polar surface area (TPSA) is 106 Å². The van der Waals surface area contributed by atoms with Crippen LogP contribution in [0, 0.1) is 10.1 Å². The van der Waals surface area contributed by atoms with Crippen molar-refractivity contribution in [3.05, 3.63) is 87.6 Å². The molecule has 0 radical (unpaired) electrons. The number of carbonyl (C=O) groups is 1. The molecule has 0 saturated carbocycles. The molecule has 0 amide bonds. The van der Waals surface area contributed by atoms with Crippen LogP contribution >= 0.6 is 0 Å². The Morgan fingerprint density at radius 1 is 1.22 bits per heavy atom. The molecule has 3 aromatic rings. The van der Waals surface area contributed by atoms with Gasteiger partial charge in [-0.1, -0.05) is 0 Å². The van der Waals surface area contributed by atoms with Gasteiger partial charge in [0.05, 0.1) is 23.7 Å². The smallest absolute Gasteiger partial charge is 0.269 e. The number of quaternary nitrogens is 1. The Kier molecular flexibility index (Phi) is 4.25. The summed E-state index contributed by atoms with van der Waals surface area (Å²) in [5, 5.41) is 21.9. The summed E-state index contributed by atoms with van der Waals surface area (Å²) in [7, 11) is 0. The number of non-ortho nitro benzene ring substituents is 1. The van der Waals surface area contributed by atoms with Crippen LogP contribution in [0.3, 0.4) is 0 Å². The van der Waals surface area contributed by atoms with Crippen LogP contribution in [0.15, 0.2) is 59.1 Å². The number of nitro groups is 1. The number of nitrogens with one attached hydrogen (secondary N) is 1. The standard InChI is InChI=1S/C19H17N3O5/c23-19(24)17-8-7-15(27-17)12-21-11-10-20-9-1-2-16(20)18(21)13-3-5-14(6-4-13)22(25)26/h1-9,18H,10-12H2,(H,23,24)/t18-/m0/s1. The SMILES string of the molecule is O=C([O-])c1ccc(C[NH+]2CCn3cccc3[C@@H]2c2ccc([N+](=O)[O-])cc2)o1. The molecule has 0 aliphatic carbocycles. The zero-order chi connectivity index (χ0) is 19.0. The molecule has 1 aromatic carbocycles. The Balaban J connectivity index is 1.67. The average molecular weight is 367 g/mol. The molecule has 0 saturated heterocycles. The van der Waals surface area contributed by atoms with Crippen molar-refractivity contribution in [2.45, 2.75) is 19.1 Å². The first-order valence-electron chi connectivity index (χ1n) is 8.57. The quantitative estimate of drug-likeness (QED) is 0.523. The van der Waals surface area contributed by atoms with E-state index in [4.69, 9.17) is 4.42 Å². The van der Waals surface area contributed by atoms with E-state index in [0.717, 1.165) is 24.3 Å². The molecule has 1 aliphatic rings. The third-order valence-electron chi connectivity index (χ3n) is 4.94. The molecule has 2 aromatic heterocycles. The largest absolute Gasteiger partial charge is 0.542 e. The first-order valence-corrected chi connectivity index (χ1v) is 8.57. The number of nitro benzene ring substituents is 1. The van der Waals surface area contributed by atoms with Crippen LogP contribution in [0.5, 0.6) is 0 Å². The number of carboxylic acids is 1. The maximum atomic E-state index is 10.9. The fraction of sp³-hybridized carbons (Fsp3) is 0.211. The number of nitrogens with zero attached hydrogens (tertiary/aromatic N) is 2. The van der Waals surface area contributed by atoms with Crippen LogP contribution in [0.1, 0.15) is 33.6 Å². The number of carboxylic acid groups (broad SMARTS) is 1. The van der Waals surface area contributed by atoms with Crippen LogP contribution in [0.4, 0.5) is 5.69 Å². The van der Waals surface area contributed by atoms with Gasteiger partial charge in [-0.15, -0.1) is 0 Å². The van der Waals surface area contributed by atoms with E-state index in [1.54, 1.807) is 18.2 Å². The normalized spacial score (nSPS) is 18.8. The highest BCUT2D eigenvalue weighted by Crippen LogP contribution is 2.24. The van der Waals surface area contributed by atoms with Gasteiger partial charge in [0.2, 0.25) is 0 Å². The lowest BCUT2D eigenvalue weighted by Crippen LogP contribution is -3.12. The fourth-order valence-electron chi connectivity index (χ4n) is 3.70. The van der Waals surface area contributed by atoms with Gasteiger partial charge in [0.15, 0.2) is 11.8 Å². The number of carbonyl (C=O) groups excluding carboxylic acids is 1. The van der Waals surface area contributed by atoms with Crippen LogP contribution in [0.2, 0.25) is 0 Å². The number of aromatic carboxylic acids is 1. The maximum Gasteiger partial charge on any atom is 0.269 e. The zero-order valence-electron chi connectivity index (χ0n) is 14.3. The van der Waals surface area contributed by atoms with Gasteiger partial charge in [-0.2, -0.15) is 0 Å². The van der Waals surface area contributed by atoms with Crippen molar-refractivity contribution in [1.29, 1.82) is 0 Å². The van der Waals surface area contributed by atoms with Crippen LogP contribution < -0.4 is 10.0 Å². The Morgan fingerprint density at radius 2 is 2.00 bits per heavy atom. The lowest BCUT2D eigenvalue weighted by molar-refractivity contribution is -0.944. The summed E-state index contributed by atoms with van der Waals surface area (Å²) in [6.07, 6.45) is 2.02. The lowest BCUT2D eigenvalue weighted by atomic mass is 9.99. The monoisotopic (exact) mass is 367 g/mol. The van der Waals surface area contributed by atoms with Crippen molar-refractivity contribution >= 4 is 11.7 Å². The number of hydrogen-bond donors (Lipinski definition) is 1. The van der Waals surface area contributed by atoms with Crippen molar-refractivity contribution in [3.63, 3.8) is 0 Å². The highest BCUT2D eigenvalue weighted by molar-refractivity contribution is 5.82. The minimum Gasteiger partial charge on any atom is -0.542 e. The van der Waals surface area contributed by atoms with Crippen LogP contribution in [0.25, 0.3) is 0 Å². The molecule has 1 N–H and O–H groups in total. The molecular formula is C19H17N3O5. The molecule has 1 aliphatic heterocycles. The summed E-state index contributed by atoms with van der Waals surface area (Å²) < 4.78 is 7.54. The molecule has 3 heterocycles. The van der Waals surface area contributed by atoms with Crippen molar-refractivity contribution in [2.24, 2.45) is 0 Å². The summed E-state index contributed by atoms with van der Waals surface area (Å²) in [5.41, 5.74) is 2.12. The van der Waals surface area contributed by atoms with Crippen molar-refractivity contribution in [3.8, 4) is 0 Å². The highest BCUT2D eigenvalue weighted by atomic mass is 16.6. The first-order chi connectivity index (χ1) is 13.0. The third-order valence-corrected chi connectivity index (χ3v) is 4.94. The summed E-state index contributed by atoms with van der Waals surface area (Å²) in [6.45, 7) is 2.14. The Morgan fingerprint density at radius 3 is 2.67 bits per heavy atom. The molecule has 0 fully saturated rings. The molecule has 27 heavy (non-hydrogen) atoms. The van der Waals surface area contributed by atoms with E-state index in [2.05, 4.69) is 4.57 Å². The highest BCUT2D eigenvalue weighted by Gasteiger charge is 2.33. The van der Waals surface area contributed by atoms with Crippen molar-refractivity contribution in [2.75, 3.05) is 6.54 Å². The molecule has 1 unspecified atom stereocenters. The van der Waals surface area contributed by atoms with Crippen molar-refractivity contribution < 1.29 is 24.1 Å². The van der Waals surface area contributed by atoms with Gasteiger partial charge in [-0.05, 0) is 36.4 Å². The van der Waals surface area contributed by atoms with E-state index in [1.807, 2.05) is 18.3 Å². The number of aromatic nitrogens is 1. The predicted octanol–water partition coefficient (Wildman–Crippen LogP) is 0.541. The first kappa shape index (κ1) is 17.0. The number of fused-ring (bicyclic) bond motifs is 1. The summed E-state index contributed by atoms with van der Waals surface area (Å²) >= 11 is 0. The number of furan rings is 1. The van der Waals surface area contributed by atoms with Gasteiger partial charge in [0.1, 0.15) is 18.3 Å². The van der Waals surface area contributed by atoms with Gasteiger partial charge in [-0.25, -0.2) is 0 Å². The van der Waals surface area contributed by atoms with Gasteiger partial charge < -0.3 is 23.8 Å². The van der Waals surface area contributed by atoms with Gasteiger partial charge in [-0.3, -0.25) is 10.1 Å². The second kappa shape index (κ2) is 6.73. The third kappa shape index (κ3) is 3.22. The molecule has 8 heteroatoms. The molecule has 8 nitrogen and oxygen atoms in total. The predicted molar refractivity (Wildman–Crippen MR) is 91.9 cm³/mol. The van der Waals surface area contributed by atoms with Crippen LogP contribution in [-0.4, -0.2) is 22.0 Å². The van der Waals surface area contributed by atoms with Gasteiger partial charge >= 0.3 is 0 Å². The molecule has 0 spiro atoms. The Bertz CT molecular complexity index is 989. The minimum atomic E-state index is -1.34. The molecule has 138 valence electrons. The second-order valence-corrected chi connectivity index (χ2v) is 6.55. The number of hydrogen-bond acceptors (Lipinski definition) is 5. The fourth-order valence-corrected chi connectivity index (χ4v) is 3.70. The lowest BCUT2D eigenvalue weighted by Gasteiger charge is -2.33. The number of rotatable bonds is 5. The average Bonchev–Trinajstić information content (AvgIpc) is 3.31. The van der Waals surface area contributed by atoms with E-state index in [9.17, 15) is 20.0 Å². The zero-order valence-corrected chi connectivity index (χ0v) is 14.3. The van der Waals surface area contributed by atoms with Crippen LogP contribution in [-0.2, 0) is 13.1 Å². The van der Waals surface area contributed by atoms with Gasteiger partial charge in [0.25, 0.3) is 5.69 Å². The van der Waals surface area contributed by atoms with E-state index in [1.165, 1.54) is 23.1 Å². The van der Waals surface area contributed by atoms with Crippen molar-refractivity contribution in [1.82, 2.24) is 4.57 Å². The summed E-state index contributed by atoms with van der Waals surface area (Å²) in [6, 6.07) is 13.6. The van der Waals surface area contributed by atoms with E-state index < -0.39 is 10.9 Å². The second-order valence-electron chi connectivity index (χ2n) is 6.55. The Hall–Kier alpha value is -3.39. The molecular weight excluding hydrogens is 350 g/mol. The maximum absolute atomic E-state index is 10.9. The minimum absolute atomic E-state index is 0.0361. The summed E-state index contributed by atoms with van der Waals surface area (Å²) in [4.78, 5) is 22.6. The number of benzene rings is 1. The Labute approximate surface area is 154 Å². The van der Waals surface area contributed by atoms with Gasteiger partial charge in [0, 0.05) is 23.9 Å². The summed E-state index contributed by atoms with van der Waals surface area (Å²) in [5.74, 6) is -0.955. The molecule has 4 rings (SSSR count). The van der Waals surface area contributed by atoms with E-state index in [0.29, 0.717) is 12.3 Å². The van der Waals surface area contributed by atoms with E-state index in [-0.39, 0.29) is 17.5 Å². The van der Waals surface area contributed by atoms with E-state index >= 15 is 0 Å². The molecule has 0 bridgehead atoms. The molecule has 2 atom stereocenters.